The standard InChI is InChI=1S/C22H23N5O3/c1-5-19(28)24-15-8-6-9-16(12-15)25-21-14(2)13-23-22(27-21)26-17-10-7-11-18(29-3)20(17)30-4/h5-13H,1H2,2-4H3,(H,24,28)(H2,23,25,26,27). The van der Waals surface area contributed by atoms with E-state index in [1.54, 1.807) is 32.5 Å². The predicted molar refractivity (Wildman–Crippen MR) is 118 cm³/mol. The second-order valence-corrected chi connectivity index (χ2v) is 6.29. The van der Waals surface area contributed by atoms with Gasteiger partial charge in [0.05, 0.1) is 19.9 Å². The summed E-state index contributed by atoms with van der Waals surface area (Å²) in [4.78, 5) is 20.4. The van der Waals surface area contributed by atoms with E-state index in [0.29, 0.717) is 34.6 Å². The van der Waals surface area contributed by atoms with Gasteiger partial charge in [0.2, 0.25) is 11.9 Å². The third kappa shape index (κ3) is 4.85. The van der Waals surface area contributed by atoms with Crippen LogP contribution in [0.2, 0.25) is 0 Å². The van der Waals surface area contributed by atoms with Crippen LogP contribution in [0.25, 0.3) is 0 Å². The van der Waals surface area contributed by atoms with Crippen molar-refractivity contribution >= 4 is 34.7 Å². The summed E-state index contributed by atoms with van der Waals surface area (Å²) in [6, 6.07) is 12.8. The molecule has 0 bridgehead atoms. The van der Waals surface area contributed by atoms with E-state index in [9.17, 15) is 4.79 Å². The van der Waals surface area contributed by atoms with Crippen molar-refractivity contribution in [2.75, 3.05) is 30.2 Å². The zero-order valence-corrected chi connectivity index (χ0v) is 17.0. The average molecular weight is 405 g/mol. The van der Waals surface area contributed by atoms with Gasteiger partial charge in [0.1, 0.15) is 5.82 Å². The number of nitrogens with one attached hydrogen (secondary N) is 3. The topological polar surface area (TPSA) is 97.4 Å². The SMILES string of the molecule is C=CC(=O)Nc1cccc(Nc2nc(Nc3cccc(OC)c3OC)ncc2C)c1. The summed E-state index contributed by atoms with van der Waals surface area (Å²) in [5, 5.41) is 9.15. The molecule has 0 aliphatic carbocycles. The molecule has 30 heavy (non-hydrogen) atoms. The molecule has 0 unspecified atom stereocenters. The van der Waals surface area contributed by atoms with Crippen LogP contribution in [0.15, 0.2) is 61.3 Å². The van der Waals surface area contributed by atoms with Crippen molar-refractivity contribution in [3.05, 3.63) is 66.9 Å². The van der Waals surface area contributed by atoms with Crippen molar-refractivity contribution in [3.63, 3.8) is 0 Å². The molecule has 1 aromatic heterocycles. The highest BCUT2D eigenvalue weighted by Crippen LogP contribution is 2.36. The Bertz CT molecular complexity index is 1070. The second kappa shape index (κ2) is 9.42. The Morgan fingerprint density at radius 2 is 1.83 bits per heavy atom. The molecule has 0 aliphatic rings. The second-order valence-electron chi connectivity index (χ2n) is 6.29. The van der Waals surface area contributed by atoms with Gasteiger partial charge in [-0.05, 0) is 43.3 Å². The summed E-state index contributed by atoms with van der Waals surface area (Å²) in [6.45, 7) is 5.36. The van der Waals surface area contributed by atoms with Gasteiger partial charge in [0.15, 0.2) is 11.5 Å². The molecule has 0 fully saturated rings. The highest BCUT2D eigenvalue weighted by Gasteiger charge is 2.12. The summed E-state index contributed by atoms with van der Waals surface area (Å²) in [7, 11) is 3.15. The number of para-hydroxylation sites is 1. The van der Waals surface area contributed by atoms with Crippen molar-refractivity contribution in [1.29, 1.82) is 0 Å². The first-order valence-corrected chi connectivity index (χ1v) is 9.16. The molecule has 0 radical (unpaired) electrons. The zero-order valence-electron chi connectivity index (χ0n) is 17.0. The van der Waals surface area contributed by atoms with Crippen molar-refractivity contribution in [3.8, 4) is 11.5 Å². The van der Waals surface area contributed by atoms with Crippen molar-refractivity contribution in [2.24, 2.45) is 0 Å². The minimum absolute atomic E-state index is 0.274. The van der Waals surface area contributed by atoms with Crippen molar-refractivity contribution in [1.82, 2.24) is 9.97 Å². The van der Waals surface area contributed by atoms with Gasteiger partial charge in [0.25, 0.3) is 0 Å². The summed E-state index contributed by atoms with van der Waals surface area (Å²) in [5.41, 5.74) is 2.96. The lowest BCUT2D eigenvalue weighted by atomic mass is 10.2. The first-order valence-electron chi connectivity index (χ1n) is 9.16. The number of methoxy groups -OCH3 is 2. The predicted octanol–water partition coefficient (Wildman–Crippen LogP) is 4.41. The van der Waals surface area contributed by atoms with Gasteiger partial charge < -0.3 is 25.4 Å². The molecule has 0 saturated carbocycles. The fourth-order valence-electron chi connectivity index (χ4n) is 2.74. The molecule has 8 heteroatoms. The normalized spacial score (nSPS) is 10.1. The number of nitrogens with zero attached hydrogens (tertiary/aromatic N) is 2. The van der Waals surface area contributed by atoms with Crippen LogP contribution in [-0.2, 0) is 4.79 Å². The van der Waals surface area contributed by atoms with Crippen LogP contribution in [0.1, 0.15) is 5.56 Å². The van der Waals surface area contributed by atoms with E-state index in [1.165, 1.54) is 6.08 Å². The lowest BCUT2D eigenvalue weighted by Crippen LogP contribution is -2.07. The lowest BCUT2D eigenvalue weighted by molar-refractivity contribution is -0.111. The van der Waals surface area contributed by atoms with E-state index in [0.717, 1.165) is 11.3 Å². The molecule has 2 aromatic carbocycles. The van der Waals surface area contributed by atoms with E-state index in [-0.39, 0.29) is 5.91 Å². The number of hydrogen-bond donors (Lipinski definition) is 3. The maximum Gasteiger partial charge on any atom is 0.247 e. The Morgan fingerprint density at radius 3 is 2.57 bits per heavy atom. The molecule has 3 aromatic rings. The molecule has 0 saturated heterocycles. The van der Waals surface area contributed by atoms with Crippen LogP contribution in [0.4, 0.5) is 28.8 Å². The molecule has 1 amide bonds. The Labute approximate surface area is 175 Å². The fraction of sp³-hybridized carbons (Fsp3) is 0.136. The zero-order chi connectivity index (χ0) is 21.5. The third-order valence-corrected chi connectivity index (χ3v) is 4.20. The number of anilines is 5. The molecule has 1 heterocycles. The molecule has 0 spiro atoms. The maximum atomic E-state index is 11.5. The first-order chi connectivity index (χ1) is 14.5. The van der Waals surface area contributed by atoms with Gasteiger partial charge in [-0.15, -0.1) is 0 Å². The highest BCUT2D eigenvalue weighted by atomic mass is 16.5. The minimum Gasteiger partial charge on any atom is -0.493 e. The highest BCUT2D eigenvalue weighted by molar-refractivity contribution is 5.99. The van der Waals surface area contributed by atoms with Gasteiger partial charge in [-0.25, -0.2) is 4.98 Å². The van der Waals surface area contributed by atoms with Crippen LogP contribution < -0.4 is 25.4 Å². The van der Waals surface area contributed by atoms with E-state index in [1.807, 2.05) is 37.3 Å². The quantitative estimate of drug-likeness (QED) is 0.478. The van der Waals surface area contributed by atoms with Crippen molar-refractivity contribution in [2.45, 2.75) is 6.92 Å². The number of carbonyl (C=O) groups is 1. The summed E-state index contributed by atoms with van der Waals surface area (Å²) < 4.78 is 10.8. The van der Waals surface area contributed by atoms with Crippen molar-refractivity contribution < 1.29 is 14.3 Å². The van der Waals surface area contributed by atoms with E-state index in [4.69, 9.17) is 9.47 Å². The van der Waals surface area contributed by atoms with Crippen LogP contribution in [-0.4, -0.2) is 30.1 Å². The van der Waals surface area contributed by atoms with Gasteiger partial charge in [0, 0.05) is 23.1 Å². The van der Waals surface area contributed by atoms with E-state index in [2.05, 4.69) is 32.5 Å². The van der Waals surface area contributed by atoms with Gasteiger partial charge in [-0.2, -0.15) is 4.98 Å². The lowest BCUT2D eigenvalue weighted by Gasteiger charge is -2.15. The number of amides is 1. The summed E-state index contributed by atoms with van der Waals surface area (Å²) in [5.74, 6) is 1.91. The number of hydrogen-bond acceptors (Lipinski definition) is 7. The number of carbonyl (C=O) groups excluding carboxylic acids is 1. The Balaban J connectivity index is 1.84. The van der Waals surface area contributed by atoms with Crippen LogP contribution in [0.3, 0.4) is 0 Å². The average Bonchev–Trinajstić information content (AvgIpc) is 2.76. The maximum absolute atomic E-state index is 11.5. The fourth-order valence-corrected chi connectivity index (χ4v) is 2.74. The van der Waals surface area contributed by atoms with Gasteiger partial charge >= 0.3 is 0 Å². The Hall–Kier alpha value is -4.07. The number of rotatable bonds is 8. The molecule has 3 N–H and O–H groups in total. The third-order valence-electron chi connectivity index (χ3n) is 4.20. The van der Waals surface area contributed by atoms with Gasteiger partial charge in [-0.3, -0.25) is 4.79 Å². The molecular formula is C22H23N5O3. The first kappa shape index (κ1) is 20.7. The monoisotopic (exact) mass is 405 g/mol. The molecule has 0 atom stereocenters. The molecule has 8 nitrogen and oxygen atoms in total. The number of aryl methyl sites for hydroxylation is 1. The molecule has 154 valence electrons. The summed E-state index contributed by atoms with van der Waals surface area (Å²) >= 11 is 0. The number of ether oxygens (including phenoxy) is 2. The number of aromatic nitrogens is 2. The molecule has 0 aliphatic heterocycles. The van der Waals surface area contributed by atoms with E-state index < -0.39 is 0 Å². The molecular weight excluding hydrogens is 382 g/mol. The Morgan fingerprint density at radius 1 is 1.07 bits per heavy atom. The molecule has 3 rings (SSSR count). The van der Waals surface area contributed by atoms with E-state index >= 15 is 0 Å². The van der Waals surface area contributed by atoms with Crippen LogP contribution in [0.5, 0.6) is 11.5 Å². The smallest absolute Gasteiger partial charge is 0.247 e. The van der Waals surface area contributed by atoms with Gasteiger partial charge in [-0.1, -0.05) is 18.7 Å². The summed E-state index contributed by atoms with van der Waals surface area (Å²) in [6.07, 6.45) is 2.94. The minimum atomic E-state index is -0.274. The largest absolute Gasteiger partial charge is 0.493 e. The Kier molecular flexibility index (Phi) is 6.49. The number of benzene rings is 2. The van der Waals surface area contributed by atoms with Crippen LogP contribution >= 0.6 is 0 Å². The van der Waals surface area contributed by atoms with Crippen LogP contribution in [0, 0.1) is 6.92 Å².